The molecule has 1 aromatic heterocycles. The number of benzene rings is 1. The van der Waals surface area contributed by atoms with E-state index in [0.717, 1.165) is 17.8 Å². The Morgan fingerprint density at radius 3 is 2.29 bits per heavy atom. The molecule has 0 amide bonds. The molecule has 2 aliphatic rings. The van der Waals surface area contributed by atoms with Crippen molar-refractivity contribution >= 4 is 0 Å². The summed E-state index contributed by atoms with van der Waals surface area (Å²) in [5.74, 6) is 1.13. The van der Waals surface area contributed by atoms with Crippen LogP contribution in [0.25, 0.3) is 11.3 Å². The van der Waals surface area contributed by atoms with E-state index in [1.807, 2.05) is 13.8 Å². The molecule has 0 aliphatic heterocycles. The third-order valence-electron chi connectivity index (χ3n) is 6.04. The van der Waals surface area contributed by atoms with Crippen LogP contribution in [0.15, 0.2) is 28.8 Å². The van der Waals surface area contributed by atoms with E-state index in [1.165, 1.54) is 50.3 Å². The average molecular weight is 391 g/mol. The summed E-state index contributed by atoms with van der Waals surface area (Å²) < 4.78 is 33.1. The van der Waals surface area contributed by atoms with E-state index in [1.54, 1.807) is 6.07 Å². The lowest BCUT2D eigenvalue weighted by Gasteiger charge is -2.50. The highest BCUT2D eigenvalue weighted by Gasteiger charge is 2.43. The molecule has 2 aliphatic carbocycles. The molecule has 2 saturated carbocycles. The van der Waals surface area contributed by atoms with Crippen molar-refractivity contribution in [2.75, 3.05) is 0 Å². The summed E-state index contributed by atoms with van der Waals surface area (Å²) in [6, 6.07) is 5.44. The quantitative estimate of drug-likeness (QED) is 0.662. The van der Waals surface area contributed by atoms with Gasteiger partial charge in [-0.25, -0.2) is 8.78 Å². The van der Waals surface area contributed by atoms with Gasteiger partial charge in [-0.1, -0.05) is 38.9 Å². The van der Waals surface area contributed by atoms with Crippen molar-refractivity contribution in [2.24, 2.45) is 17.8 Å². The summed E-state index contributed by atoms with van der Waals surface area (Å²) in [6.45, 7) is 9.24. The van der Waals surface area contributed by atoms with E-state index in [9.17, 15) is 8.78 Å². The van der Waals surface area contributed by atoms with Crippen molar-refractivity contribution in [3.8, 4) is 11.3 Å². The predicted molar refractivity (Wildman–Crippen MR) is 108 cm³/mol. The zero-order valence-electron chi connectivity index (χ0n) is 17.4. The second-order valence-electron chi connectivity index (χ2n) is 8.57. The Balaban J connectivity index is 0.00000109. The van der Waals surface area contributed by atoms with E-state index in [0.29, 0.717) is 12.2 Å². The first-order chi connectivity index (χ1) is 13.4. The van der Waals surface area contributed by atoms with Gasteiger partial charge >= 0.3 is 0 Å². The lowest BCUT2D eigenvalue weighted by atomic mass is 9.61. The van der Waals surface area contributed by atoms with E-state index in [2.05, 4.69) is 24.3 Å². The molecule has 1 N–H and O–H groups in total. The highest BCUT2D eigenvalue weighted by atomic mass is 19.1. The molecular formula is C23H32F2N2O. The Labute approximate surface area is 166 Å². The smallest absolute Gasteiger partial charge is 0.173 e. The molecule has 4 rings (SSSR count). The number of nitrogens with one attached hydrogen (secondary N) is 1. The monoisotopic (exact) mass is 390 g/mol. The molecule has 2 fully saturated rings. The van der Waals surface area contributed by atoms with E-state index in [4.69, 9.17) is 4.52 Å². The van der Waals surface area contributed by atoms with Gasteiger partial charge in [0.1, 0.15) is 11.6 Å². The number of fused-ring (bicyclic) bond motifs is 2. The van der Waals surface area contributed by atoms with E-state index >= 15 is 0 Å². The van der Waals surface area contributed by atoms with Crippen LogP contribution in [-0.2, 0) is 6.54 Å². The molecule has 3 nitrogen and oxygen atoms in total. The lowest BCUT2D eigenvalue weighted by molar-refractivity contribution is 0.0538. The van der Waals surface area contributed by atoms with Crippen LogP contribution < -0.4 is 5.32 Å². The molecule has 0 saturated heterocycles. The summed E-state index contributed by atoms with van der Waals surface area (Å²) in [5.41, 5.74) is 0.689. The maximum absolute atomic E-state index is 13.9. The first-order valence-corrected chi connectivity index (χ1v) is 10.6. The van der Waals surface area contributed by atoms with Gasteiger partial charge in [-0.2, -0.15) is 0 Å². The standard InChI is InChI=1S/C21H26F2N2O.C2H6/c1-13-6-15-7-14(2)10-21(9-13,11-15)24-12-16-8-19(26-25-16)20-17(22)4-3-5-18(20)23;1-2/h3-5,8,13-15,24H,6-7,9-12H2,1-2H3;1-2H3. The molecule has 5 heteroatoms. The first kappa shape index (κ1) is 21.0. The zero-order valence-corrected chi connectivity index (χ0v) is 17.4. The van der Waals surface area contributed by atoms with Crippen LogP contribution in [0.3, 0.4) is 0 Å². The summed E-state index contributed by atoms with van der Waals surface area (Å²) in [4.78, 5) is 0. The fraction of sp³-hybridized carbons (Fsp3) is 0.609. The average Bonchev–Trinajstić information content (AvgIpc) is 3.09. The van der Waals surface area contributed by atoms with Gasteiger partial charge in [0.25, 0.3) is 0 Å². The lowest BCUT2D eigenvalue weighted by Crippen LogP contribution is -2.54. The topological polar surface area (TPSA) is 38.1 Å². The normalized spacial score (nSPS) is 29.1. The van der Waals surface area contributed by atoms with Gasteiger partial charge in [-0.3, -0.25) is 0 Å². The van der Waals surface area contributed by atoms with Gasteiger partial charge in [0.05, 0.1) is 11.3 Å². The highest BCUT2D eigenvalue weighted by Crippen LogP contribution is 2.47. The van der Waals surface area contributed by atoms with Crippen LogP contribution >= 0.6 is 0 Å². The maximum Gasteiger partial charge on any atom is 0.173 e. The summed E-state index contributed by atoms with van der Waals surface area (Å²) in [6.07, 6.45) is 6.23. The number of hydrogen-bond acceptors (Lipinski definition) is 3. The molecule has 2 bridgehead atoms. The van der Waals surface area contributed by atoms with Gasteiger partial charge in [-0.05, 0) is 62.0 Å². The summed E-state index contributed by atoms with van der Waals surface area (Å²) >= 11 is 0. The van der Waals surface area contributed by atoms with Gasteiger partial charge in [0.15, 0.2) is 5.76 Å². The van der Waals surface area contributed by atoms with Crippen molar-refractivity contribution in [3.63, 3.8) is 0 Å². The number of nitrogens with zero attached hydrogens (tertiary/aromatic N) is 1. The number of rotatable bonds is 4. The van der Waals surface area contributed by atoms with Crippen molar-refractivity contribution in [1.82, 2.24) is 10.5 Å². The zero-order chi connectivity index (χ0) is 20.3. The Kier molecular flexibility index (Phi) is 6.54. The molecular weight excluding hydrogens is 358 g/mol. The van der Waals surface area contributed by atoms with Crippen molar-refractivity contribution in [2.45, 2.75) is 71.9 Å². The van der Waals surface area contributed by atoms with Gasteiger partial charge < -0.3 is 9.84 Å². The minimum absolute atomic E-state index is 0.141. The fourth-order valence-electron chi connectivity index (χ4n) is 5.45. The van der Waals surface area contributed by atoms with Crippen LogP contribution in [0.2, 0.25) is 0 Å². The van der Waals surface area contributed by atoms with Crippen LogP contribution in [0.1, 0.15) is 65.5 Å². The molecule has 28 heavy (non-hydrogen) atoms. The fourth-order valence-corrected chi connectivity index (χ4v) is 5.45. The Bertz CT molecular complexity index is 749. The highest BCUT2D eigenvalue weighted by molar-refractivity contribution is 5.59. The largest absolute Gasteiger partial charge is 0.356 e. The Morgan fingerprint density at radius 2 is 1.68 bits per heavy atom. The molecule has 2 aromatic rings. The van der Waals surface area contributed by atoms with E-state index in [-0.39, 0.29) is 16.9 Å². The number of hydrogen-bond donors (Lipinski definition) is 1. The van der Waals surface area contributed by atoms with Crippen LogP contribution in [0.5, 0.6) is 0 Å². The minimum Gasteiger partial charge on any atom is -0.356 e. The molecule has 1 heterocycles. The van der Waals surface area contributed by atoms with Gasteiger partial charge in [0, 0.05) is 18.2 Å². The van der Waals surface area contributed by atoms with E-state index < -0.39 is 11.6 Å². The molecule has 2 unspecified atom stereocenters. The molecule has 0 spiro atoms. The number of aromatic nitrogens is 1. The predicted octanol–water partition coefficient (Wildman–Crippen LogP) is 6.34. The Hall–Kier alpha value is -1.75. The third kappa shape index (κ3) is 4.45. The van der Waals surface area contributed by atoms with Crippen LogP contribution in [0.4, 0.5) is 8.78 Å². The van der Waals surface area contributed by atoms with Crippen molar-refractivity contribution in [1.29, 1.82) is 0 Å². The molecule has 0 radical (unpaired) electrons. The second kappa shape index (κ2) is 8.73. The molecule has 2 atom stereocenters. The SMILES string of the molecule is CC.CC1CC2CC(C)CC(NCc3cc(-c4c(F)cccc4F)on3)(C1)C2. The third-order valence-corrected chi connectivity index (χ3v) is 6.04. The summed E-state index contributed by atoms with van der Waals surface area (Å²) in [5, 5.41) is 7.76. The van der Waals surface area contributed by atoms with Crippen LogP contribution in [-0.4, -0.2) is 10.7 Å². The summed E-state index contributed by atoms with van der Waals surface area (Å²) in [7, 11) is 0. The maximum atomic E-state index is 13.9. The van der Waals surface area contributed by atoms with Gasteiger partial charge in [0.2, 0.25) is 0 Å². The van der Waals surface area contributed by atoms with Gasteiger partial charge in [-0.15, -0.1) is 0 Å². The Morgan fingerprint density at radius 1 is 1.07 bits per heavy atom. The first-order valence-electron chi connectivity index (χ1n) is 10.6. The minimum atomic E-state index is -0.635. The van der Waals surface area contributed by atoms with Crippen molar-refractivity contribution < 1.29 is 13.3 Å². The number of halogens is 2. The molecule has 154 valence electrons. The van der Waals surface area contributed by atoms with Crippen LogP contribution in [0, 0.1) is 29.4 Å². The van der Waals surface area contributed by atoms with Crippen molar-refractivity contribution in [3.05, 3.63) is 41.6 Å². The second-order valence-corrected chi connectivity index (χ2v) is 8.57. The molecule has 1 aromatic carbocycles.